The Hall–Kier alpha value is -2.56. The van der Waals surface area contributed by atoms with Gasteiger partial charge in [0.15, 0.2) is 0 Å². The smallest absolute Gasteiger partial charge is 0.421 e. The normalized spacial score (nSPS) is 14.8. The Balaban J connectivity index is 3.34. The second-order valence-corrected chi connectivity index (χ2v) is 6.73. The summed E-state index contributed by atoms with van der Waals surface area (Å²) in [5, 5.41) is -5.05. The zero-order valence-corrected chi connectivity index (χ0v) is 17.0. The Bertz CT molecular complexity index is 906. The highest BCUT2D eigenvalue weighted by atomic mass is 32.1. The summed E-state index contributed by atoms with van der Waals surface area (Å²) in [5.41, 5.74) is -1.32. The van der Waals surface area contributed by atoms with Crippen LogP contribution in [0.1, 0.15) is 12.0 Å². The average molecular weight is 536 g/mol. The fourth-order valence-corrected chi connectivity index (χ4v) is 2.04. The van der Waals surface area contributed by atoms with Crippen molar-refractivity contribution in [3.05, 3.63) is 42.2 Å². The maximum atomic E-state index is 13.7. The lowest BCUT2D eigenvalue weighted by molar-refractivity contribution is -0.354. The quantitative estimate of drug-likeness (QED) is 0.114. The summed E-state index contributed by atoms with van der Waals surface area (Å²) in [6.07, 6.45) is -13.3. The van der Waals surface area contributed by atoms with E-state index < -0.39 is 71.4 Å². The Kier molecular flexibility index (Phi) is 8.64. The number of carbonyl (C=O) groups is 2. The third-order valence-electron chi connectivity index (χ3n) is 3.65. The predicted molar refractivity (Wildman–Crippen MR) is 91.7 cm³/mol. The topological polar surface area (TPSA) is 61.8 Å². The molecule has 0 aromatic heterocycles. The van der Waals surface area contributed by atoms with Gasteiger partial charge >= 0.3 is 41.3 Å². The maximum Gasteiger partial charge on any atom is 0.468 e. The van der Waals surface area contributed by atoms with E-state index in [0.29, 0.717) is 12.1 Å². The van der Waals surface area contributed by atoms with Gasteiger partial charge in [-0.15, -0.1) is 0 Å². The van der Waals surface area contributed by atoms with Gasteiger partial charge < -0.3 is 14.2 Å². The molecule has 0 heterocycles. The molecule has 0 bridgehead atoms. The standard InChI is InChI=1S/C17H11F11O5S/c1-8(18)11(29)33-14(16(24,25)26,31-7-6-13(19,20)17(27,28)34)12(30)32-10-4-2-9(3-5-10)15(21,22)23/h2-5,34H,1,6-7H2. The molecule has 0 amide bonds. The van der Waals surface area contributed by atoms with Gasteiger partial charge in [0, 0.05) is 6.42 Å². The number of benzene rings is 1. The van der Waals surface area contributed by atoms with Gasteiger partial charge in [-0.25, -0.2) is 9.59 Å². The first-order chi connectivity index (χ1) is 15.1. The number of hydrogen-bond donors (Lipinski definition) is 1. The van der Waals surface area contributed by atoms with Crippen molar-refractivity contribution in [3.8, 4) is 5.75 Å². The van der Waals surface area contributed by atoms with Gasteiger partial charge in [0.2, 0.25) is 5.83 Å². The summed E-state index contributed by atoms with van der Waals surface area (Å²) >= 11 is 2.28. The van der Waals surface area contributed by atoms with Crippen LogP contribution in [0.25, 0.3) is 0 Å². The molecule has 0 aliphatic heterocycles. The van der Waals surface area contributed by atoms with Crippen molar-refractivity contribution in [3.63, 3.8) is 0 Å². The summed E-state index contributed by atoms with van der Waals surface area (Å²) in [5.74, 6) is -18.7. The molecule has 0 saturated carbocycles. The van der Waals surface area contributed by atoms with Crippen LogP contribution >= 0.6 is 12.6 Å². The monoisotopic (exact) mass is 536 g/mol. The first-order valence-corrected chi connectivity index (χ1v) is 8.75. The van der Waals surface area contributed by atoms with Crippen LogP contribution in [0.5, 0.6) is 5.75 Å². The number of thiol groups is 1. The Morgan fingerprint density at radius 1 is 0.912 bits per heavy atom. The Morgan fingerprint density at radius 3 is 1.79 bits per heavy atom. The maximum absolute atomic E-state index is 13.7. The van der Waals surface area contributed by atoms with E-state index in [1.165, 1.54) is 0 Å². The minimum atomic E-state index is -6.21. The summed E-state index contributed by atoms with van der Waals surface area (Å²) in [7, 11) is 0. The molecule has 34 heavy (non-hydrogen) atoms. The molecule has 0 aliphatic rings. The predicted octanol–water partition coefficient (Wildman–Crippen LogP) is 5.46. The Morgan fingerprint density at radius 2 is 1.41 bits per heavy atom. The van der Waals surface area contributed by atoms with Gasteiger partial charge in [0.25, 0.3) is 0 Å². The van der Waals surface area contributed by atoms with Gasteiger partial charge in [0.05, 0.1) is 12.2 Å². The molecule has 192 valence electrons. The largest absolute Gasteiger partial charge is 0.468 e. The van der Waals surface area contributed by atoms with E-state index in [-0.39, 0.29) is 12.1 Å². The van der Waals surface area contributed by atoms with Gasteiger partial charge in [-0.05, 0) is 24.3 Å². The van der Waals surface area contributed by atoms with Gasteiger partial charge in [-0.1, -0.05) is 19.2 Å². The minimum absolute atomic E-state index is 0.267. The average Bonchev–Trinajstić information content (AvgIpc) is 2.64. The molecule has 1 aromatic carbocycles. The van der Waals surface area contributed by atoms with Gasteiger partial charge in [0.1, 0.15) is 5.75 Å². The number of carbonyl (C=O) groups excluding carboxylic acids is 2. The highest BCUT2D eigenvalue weighted by molar-refractivity contribution is 7.81. The molecule has 1 atom stereocenters. The fraction of sp³-hybridized carbons (Fsp3) is 0.412. The van der Waals surface area contributed by atoms with E-state index in [4.69, 9.17) is 0 Å². The van der Waals surface area contributed by atoms with Crippen molar-refractivity contribution >= 4 is 24.6 Å². The molecule has 5 nitrogen and oxygen atoms in total. The summed E-state index contributed by atoms with van der Waals surface area (Å²) < 4.78 is 155. The molecule has 0 aliphatic carbocycles. The van der Waals surface area contributed by atoms with Crippen LogP contribution in [-0.2, 0) is 25.2 Å². The zero-order valence-electron chi connectivity index (χ0n) is 16.1. The molecular formula is C17H11F11O5S. The van der Waals surface area contributed by atoms with Crippen molar-refractivity contribution in [1.29, 1.82) is 0 Å². The number of halogens is 11. The minimum Gasteiger partial charge on any atom is -0.421 e. The lowest BCUT2D eigenvalue weighted by atomic mass is 10.2. The molecule has 0 spiro atoms. The number of ether oxygens (including phenoxy) is 3. The van der Waals surface area contributed by atoms with Crippen LogP contribution in [0, 0.1) is 0 Å². The van der Waals surface area contributed by atoms with Crippen LogP contribution < -0.4 is 4.74 Å². The third kappa shape index (κ3) is 6.97. The SMILES string of the molecule is C=C(F)C(=O)OC(OCCC(F)(F)C(F)(F)S)(C(=O)Oc1ccc(C(F)(F)F)cc1)C(F)(F)F. The van der Waals surface area contributed by atoms with Crippen molar-refractivity contribution < 1.29 is 72.1 Å². The number of hydrogen-bond acceptors (Lipinski definition) is 6. The summed E-state index contributed by atoms with van der Waals surface area (Å²) in [6.45, 7) is 0.238. The highest BCUT2D eigenvalue weighted by Gasteiger charge is 2.68. The fourth-order valence-electron chi connectivity index (χ4n) is 1.93. The number of alkyl halides is 10. The molecule has 1 unspecified atom stereocenters. The highest BCUT2D eigenvalue weighted by Crippen LogP contribution is 2.42. The van der Waals surface area contributed by atoms with E-state index in [0.717, 1.165) is 0 Å². The van der Waals surface area contributed by atoms with Crippen LogP contribution in [-0.4, -0.2) is 41.7 Å². The van der Waals surface area contributed by atoms with Crippen LogP contribution in [0.4, 0.5) is 48.3 Å². The number of esters is 2. The van der Waals surface area contributed by atoms with Crippen LogP contribution in [0.3, 0.4) is 0 Å². The molecule has 0 fully saturated rings. The summed E-state index contributed by atoms with van der Waals surface area (Å²) in [4.78, 5) is 23.6. The van der Waals surface area contributed by atoms with E-state index in [1.807, 2.05) is 0 Å². The molecule has 0 radical (unpaired) electrons. The van der Waals surface area contributed by atoms with Crippen LogP contribution in [0.2, 0.25) is 0 Å². The second-order valence-electron chi connectivity index (χ2n) is 6.16. The van der Waals surface area contributed by atoms with E-state index >= 15 is 0 Å². The van der Waals surface area contributed by atoms with E-state index in [1.54, 1.807) is 0 Å². The zero-order chi connectivity index (χ0) is 26.8. The van der Waals surface area contributed by atoms with Crippen molar-refractivity contribution in [2.24, 2.45) is 0 Å². The van der Waals surface area contributed by atoms with E-state index in [2.05, 4.69) is 33.4 Å². The second kappa shape index (κ2) is 9.97. The molecule has 1 aromatic rings. The molecular weight excluding hydrogens is 525 g/mol. The molecule has 17 heteroatoms. The lowest BCUT2D eigenvalue weighted by Gasteiger charge is -2.32. The third-order valence-corrected chi connectivity index (χ3v) is 3.98. The lowest BCUT2D eigenvalue weighted by Crippen LogP contribution is -2.59. The van der Waals surface area contributed by atoms with Crippen molar-refractivity contribution in [2.45, 2.75) is 35.7 Å². The van der Waals surface area contributed by atoms with Gasteiger partial charge in [-0.3, -0.25) is 0 Å². The molecule has 1 rings (SSSR count). The Labute approximate surface area is 187 Å². The first-order valence-electron chi connectivity index (χ1n) is 8.30. The molecule has 0 saturated heterocycles. The van der Waals surface area contributed by atoms with Crippen molar-refractivity contribution in [1.82, 2.24) is 0 Å². The van der Waals surface area contributed by atoms with E-state index in [9.17, 15) is 57.9 Å². The van der Waals surface area contributed by atoms with Crippen molar-refractivity contribution in [2.75, 3.05) is 6.61 Å². The first kappa shape index (κ1) is 29.5. The van der Waals surface area contributed by atoms with Crippen LogP contribution in [0.15, 0.2) is 36.7 Å². The summed E-state index contributed by atoms with van der Waals surface area (Å²) in [6, 6.07) is 1.24. The number of rotatable bonds is 9. The molecule has 0 N–H and O–H groups in total. The van der Waals surface area contributed by atoms with Gasteiger partial charge in [-0.2, -0.15) is 48.3 Å².